The minimum absolute atomic E-state index is 0.201. The quantitative estimate of drug-likeness (QED) is 0.839. The first-order valence-electron chi connectivity index (χ1n) is 3.84. The van der Waals surface area contributed by atoms with E-state index in [1.165, 1.54) is 12.3 Å². The number of carboxylic acid groups (broad SMARTS) is 1. The average molecular weight is 256 g/mol. The Morgan fingerprint density at radius 3 is 2.93 bits per heavy atom. The molecular formula is C8H6BrN3O2. The molecule has 6 heteroatoms. The van der Waals surface area contributed by atoms with Crippen LogP contribution in [0.15, 0.2) is 16.7 Å². The van der Waals surface area contributed by atoms with Gasteiger partial charge in [-0.25, -0.2) is 4.79 Å². The third kappa shape index (κ3) is 1.27. The number of rotatable bonds is 1. The van der Waals surface area contributed by atoms with Gasteiger partial charge in [0.1, 0.15) is 5.82 Å². The van der Waals surface area contributed by atoms with E-state index in [0.717, 1.165) is 0 Å². The van der Waals surface area contributed by atoms with Crippen LogP contribution in [0.4, 0.5) is 0 Å². The first kappa shape index (κ1) is 9.14. The minimum atomic E-state index is -0.972. The Labute approximate surface area is 87.5 Å². The second-order valence-electron chi connectivity index (χ2n) is 2.82. The van der Waals surface area contributed by atoms with E-state index in [-0.39, 0.29) is 5.56 Å². The van der Waals surface area contributed by atoms with Crippen LogP contribution in [0.5, 0.6) is 0 Å². The highest BCUT2D eigenvalue weighted by Gasteiger charge is 2.10. The molecule has 2 aromatic rings. The Bertz CT molecular complexity index is 521. The maximum Gasteiger partial charge on any atom is 0.337 e. The van der Waals surface area contributed by atoms with Crippen LogP contribution < -0.4 is 0 Å². The van der Waals surface area contributed by atoms with E-state index >= 15 is 0 Å². The van der Waals surface area contributed by atoms with Gasteiger partial charge in [-0.2, -0.15) is 0 Å². The zero-order valence-corrected chi connectivity index (χ0v) is 8.82. The summed E-state index contributed by atoms with van der Waals surface area (Å²) in [7, 11) is 0. The van der Waals surface area contributed by atoms with Crippen LogP contribution in [0.3, 0.4) is 0 Å². The zero-order chi connectivity index (χ0) is 10.3. The predicted octanol–water partition coefficient (Wildman–Crippen LogP) is 1.50. The SMILES string of the molecule is Cc1nnc2c(Br)cc(C(=O)O)cn12. The molecule has 0 spiro atoms. The van der Waals surface area contributed by atoms with Crippen molar-refractivity contribution in [3.8, 4) is 0 Å². The molecule has 1 N–H and O–H groups in total. The fourth-order valence-corrected chi connectivity index (χ4v) is 1.70. The normalized spacial score (nSPS) is 10.7. The van der Waals surface area contributed by atoms with Crippen LogP contribution in [-0.4, -0.2) is 25.7 Å². The molecule has 0 amide bonds. The van der Waals surface area contributed by atoms with Gasteiger partial charge in [-0.15, -0.1) is 10.2 Å². The lowest BCUT2D eigenvalue weighted by Gasteiger charge is -1.99. The molecule has 0 unspecified atom stereocenters. The topological polar surface area (TPSA) is 67.5 Å². The second-order valence-corrected chi connectivity index (χ2v) is 3.68. The lowest BCUT2D eigenvalue weighted by molar-refractivity contribution is 0.0696. The molecule has 14 heavy (non-hydrogen) atoms. The summed E-state index contributed by atoms with van der Waals surface area (Å²) >= 11 is 3.24. The number of halogens is 1. The Morgan fingerprint density at radius 2 is 2.29 bits per heavy atom. The fourth-order valence-electron chi connectivity index (χ4n) is 1.18. The number of fused-ring (bicyclic) bond motifs is 1. The van der Waals surface area contributed by atoms with E-state index in [1.807, 2.05) is 0 Å². The monoisotopic (exact) mass is 255 g/mol. The molecule has 0 aliphatic rings. The number of aryl methyl sites for hydroxylation is 1. The standard InChI is InChI=1S/C8H6BrN3O2/c1-4-10-11-7-6(9)2-5(8(13)14)3-12(4)7/h2-3H,1H3,(H,13,14). The Kier molecular flexibility index (Phi) is 1.99. The highest BCUT2D eigenvalue weighted by atomic mass is 79.9. The molecule has 2 aromatic heterocycles. The van der Waals surface area contributed by atoms with Gasteiger partial charge in [-0.3, -0.25) is 4.40 Å². The number of pyridine rings is 1. The highest BCUT2D eigenvalue weighted by molar-refractivity contribution is 9.10. The van der Waals surface area contributed by atoms with Gasteiger partial charge in [-0.05, 0) is 28.9 Å². The third-order valence-corrected chi connectivity index (χ3v) is 2.46. The molecule has 2 rings (SSSR count). The van der Waals surface area contributed by atoms with Crippen molar-refractivity contribution < 1.29 is 9.90 Å². The lowest BCUT2D eigenvalue weighted by atomic mass is 10.3. The summed E-state index contributed by atoms with van der Waals surface area (Å²) in [5, 5.41) is 16.6. The molecule has 5 nitrogen and oxygen atoms in total. The van der Waals surface area contributed by atoms with Crippen molar-refractivity contribution in [3.05, 3.63) is 28.1 Å². The Balaban J connectivity index is 2.82. The van der Waals surface area contributed by atoms with E-state index in [2.05, 4.69) is 26.1 Å². The number of nitrogens with zero attached hydrogens (tertiary/aromatic N) is 3. The van der Waals surface area contributed by atoms with Gasteiger partial charge >= 0.3 is 5.97 Å². The summed E-state index contributed by atoms with van der Waals surface area (Å²) in [5.74, 6) is -0.315. The molecular weight excluding hydrogens is 250 g/mol. The van der Waals surface area contributed by atoms with Gasteiger partial charge in [0, 0.05) is 6.20 Å². The number of aromatic nitrogens is 3. The summed E-state index contributed by atoms with van der Waals surface area (Å²) in [6.45, 7) is 1.76. The van der Waals surface area contributed by atoms with Crippen LogP contribution >= 0.6 is 15.9 Å². The van der Waals surface area contributed by atoms with Crippen molar-refractivity contribution in [2.75, 3.05) is 0 Å². The Hall–Kier alpha value is -1.43. The molecule has 0 aliphatic carbocycles. The van der Waals surface area contributed by atoms with E-state index in [4.69, 9.17) is 5.11 Å². The van der Waals surface area contributed by atoms with Gasteiger partial charge in [-0.1, -0.05) is 0 Å². The van der Waals surface area contributed by atoms with E-state index in [0.29, 0.717) is 15.9 Å². The lowest BCUT2D eigenvalue weighted by Crippen LogP contribution is -2.00. The van der Waals surface area contributed by atoms with Crippen molar-refractivity contribution in [3.63, 3.8) is 0 Å². The number of hydrogen-bond acceptors (Lipinski definition) is 3. The van der Waals surface area contributed by atoms with Crippen molar-refractivity contribution in [2.45, 2.75) is 6.92 Å². The van der Waals surface area contributed by atoms with Crippen LogP contribution in [0.2, 0.25) is 0 Å². The van der Waals surface area contributed by atoms with Crippen molar-refractivity contribution in [1.29, 1.82) is 0 Å². The van der Waals surface area contributed by atoms with Gasteiger partial charge < -0.3 is 5.11 Å². The molecule has 72 valence electrons. The summed E-state index contributed by atoms with van der Waals surface area (Å²) in [6, 6.07) is 1.51. The summed E-state index contributed by atoms with van der Waals surface area (Å²) < 4.78 is 2.26. The molecule has 0 fully saturated rings. The fraction of sp³-hybridized carbons (Fsp3) is 0.125. The van der Waals surface area contributed by atoms with Crippen LogP contribution in [0.1, 0.15) is 16.2 Å². The van der Waals surface area contributed by atoms with Gasteiger partial charge in [0.05, 0.1) is 10.0 Å². The first-order chi connectivity index (χ1) is 6.59. The van der Waals surface area contributed by atoms with Crippen molar-refractivity contribution >= 4 is 27.5 Å². The molecule has 0 aliphatic heterocycles. The summed E-state index contributed by atoms with van der Waals surface area (Å²) in [6.07, 6.45) is 1.50. The minimum Gasteiger partial charge on any atom is -0.478 e. The Morgan fingerprint density at radius 1 is 1.57 bits per heavy atom. The summed E-state index contributed by atoms with van der Waals surface area (Å²) in [5.41, 5.74) is 0.819. The largest absolute Gasteiger partial charge is 0.478 e. The molecule has 2 heterocycles. The predicted molar refractivity (Wildman–Crippen MR) is 52.4 cm³/mol. The van der Waals surface area contributed by atoms with Crippen molar-refractivity contribution in [1.82, 2.24) is 14.6 Å². The first-order valence-corrected chi connectivity index (χ1v) is 4.63. The third-order valence-electron chi connectivity index (χ3n) is 1.88. The molecule has 0 atom stereocenters. The number of carbonyl (C=O) groups is 1. The van der Waals surface area contributed by atoms with Crippen LogP contribution in [0.25, 0.3) is 5.65 Å². The van der Waals surface area contributed by atoms with Crippen LogP contribution in [0, 0.1) is 6.92 Å². The zero-order valence-electron chi connectivity index (χ0n) is 7.23. The van der Waals surface area contributed by atoms with Crippen molar-refractivity contribution in [2.24, 2.45) is 0 Å². The van der Waals surface area contributed by atoms with E-state index < -0.39 is 5.97 Å². The summed E-state index contributed by atoms with van der Waals surface area (Å²) in [4.78, 5) is 10.8. The second kappa shape index (κ2) is 3.06. The highest BCUT2D eigenvalue weighted by Crippen LogP contribution is 2.18. The maximum absolute atomic E-state index is 10.8. The van der Waals surface area contributed by atoms with E-state index in [1.54, 1.807) is 11.3 Å². The number of aromatic carboxylic acids is 1. The average Bonchev–Trinajstić information content (AvgIpc) is 2.48. The van der Waals surface area contributed by atoms with Gasteiger partial charge in [0.2, 0.25) is 0 Å². The number of carboxylic acids is 1. The maximum atomic E-state index is 10.8. The van der Waals surface area contributed by atoms with Gasteiger partial charge in [0.25, 0.3) is 0 Å². The van der Waals surface area contributed by atoms with E-state index in [9.17, 15) is 4.79 Å². The molecule has 0 radical (unpaired) electrons. The van der Waals surface area contributed by atoms with Crippen LogP contribution in [-0.2, 0) is 0 Å². The smallest absolute Gasteiger partial charge is 0.337 e. The molecule has 0 saturated carbocycles. The molecule has 0 saturated heterocycles. The van der Waals surface area contributed by atoms with Gasteiger partial charge in [0.15, 0.2) is 5.65 Å². The number of hydrogen-bond donors (Lipinski definition) is 1. The molecule has 0 aromatic carbocycles. The molecule has 0 bridgehead atoms.